The van der Waals surface area contributed by atoms with E-state index in [0.29, 0.717) is 30.8 Å². The van der Waals surface area contributed by atoms with E-state index in [0.717, 1.165) is 5.57 Å². The van der Waals surface area contributed by atoms with Gasteiger partial charge in [0.05, 0.1) is 18.8 Å². The van der Waals surface area contributed by atoms with E-state index in [1.807, 2.05) is 12.1 Å². The molecule has 0 amide bonds. The van der Waals surface area contributed by atoms with Crippen molar-refractivity contribution >= 4 is 5.57 Å². The van der Waals surface area contributed by atoms with Crippen LogP contribution < -0.4 is 5.32 Å². The summed E-state index contributed by atoms with van der Waals surface area (Å²) in [5.41, 5.74) is 1.72. The molecule has 1 fully saturated rings. The summed E-state index contributed by atoms with van der Waals surface area (Å²) in [7, 11) is 0. The Morgan fingerprint density at radius 1 is 1.20 bits per heavy atom. The molecule has 1 aromatic rings. The maximum absolute atomic E-state index is 12.9. The first-order valence-electron chi connectivity index (χ1n) is 6.65. The van der Waals surface area contributed by atoms with Crippen LogP contribution in [0.15, 0.2) is 24.3 Å². The molecule has 2 aliphatic heterocycles. The minimum Gasteiger partial charge on any atom is -0.378 e. The molecule has 2 aliphatic rings. The average molecular weight is 283 g/mol. The van der Waals surface area contributed by atoms with Gasteiger partial charge in [0.15, 0.2) is 0 Å². The second kappa shape index (κ2) is 4.90. The van der Waals surface area contributed by atoms with Gasteiger partial charge in [-0.2, -0.15) is 13.2 Å². The van der Waals surface area contributed by atoms with Crippen LogP contribution in [-0.4, -0.2) is 25.3 Å². The Labute approximate surface area is 115 Å². The fourth-order valence-electron chi connectivity index (χ4n) is 2.87. The van der Waals surface area contributed by atoms with Gasteiger partial charge >= 0.3 is 6.18 Å². The number of nitrogens with one attached hydrogen (secondary N) is 1. The van der Waals surface area contributed by atoms with E-state index in [2.05, 4.69) is 5.32 Å². The first-order chi connectivity index (χ1) is 9.41. The first kappa shape index (κ1) is 13.6. The van der Waals surface area contributed by atoms with Crippen LogP contribution in [0.4, 0.5) is 13.2 Å². The molecule has 108 valence electrons. The van der Waals surface area contributed by atoms with E-state index in [1.54, 1.807) is 6.92 Å². The molecule has 0 radical (unpaired) electrons. The fourth-order valence-corrected chi connectivity index (χ4v) is 2.87. The van der Waals surface area contributed by atoms with E-state index in [4.69, 9.17) is 4.74 Å². The van der Waals surface area contributed by atoms with Crippen LogP contribution in [0.25, 0.3) is 5.57 Å². The van der Waals surface area contributed by atoms with Gasteiger partial charge in [-0.15, -0.1) is 0 Å². The van der Waals surface area contributed by atoms with Crippen LogP contribution in [0.1, 0.15) is 23.1 Å². The first-order valence-corrected chi connectivity index (χ1v) is 6.65. The molecule has 0 aromatic heterocycles. The van der Waals surface area contributed by atoms with Crippen molar-refractivity contribution in [3.63, 3.8) is 0 Å². The average Bonchev–Trinajstić information content (AvgIpc) is 2.36. The summed E-state index contributed by atoms with van der Waals surface area (Å²) in [6.07, 6.45) is -1.60. The van der Waals surface area contributed by atoms with Crippen LogP contribution in [0, 0.1) is 6.92 Å². The highest BCUT2D eigenvalue weighted by atomic mass is 19.4. The Bertz CT molecular complexity index is 551. The Morgan fingerprint density at radius 3 is 2.70 bits per heavy atom. The van der Waals surface area contributed by atoms with E-state index in [9.17, 15) is 13.2 Å². The Balaban J connectivity index is 1.98. The SMILES string of the molecule is Cc1cc(C2=CC3COCC(C2)N3)cc(C(F)(F)F)c1. The summed E-state index contributed by atoms with van der Waals surface area (Å²) in [5.74, 6) is 0. The number of hydrogen-bond donors (Lipinski definition) is 1. The van der Waals surface area contributed by atoms with Crippen molar-refractivity contribution in [3.05, 3.63) is 41.0 Å². The minimum atomic E-state index is -4.30. The van der Waals surface area contributed by atoms with Crippen molar-refractivity contribution in [2.45, 2.75) is 31.6 Å². The molecule has 20 heavy (non-hydrogen) atoms. The van der Waals surface area contributed by atoms with E-state index >= 15 is 0 Å². The molecule has 2 bridgehead atoms. The molecule has 0 saturated carbocycles. The lowest BCUT2D eigenvalue weighted by Gasteiger charge is -2.35. The van der Waals surface area contributed by atoms with Gasteiger partial charge in [0.1, 0.15) is 0 Å². The summed E-state index contributed by atoms with van der Waals surface area (Å²) in [5, 5.41) is 3.39. The number of hydrogen-bond acceptors (Lipinski definition) is 2. The second-order valence-corrected chi connectivity index (χ2v) is 5.49. The predicted octanol–water partition coefficient (Wildman–Crippen LogP) is 3.16. The number of alkyl halides is 3. The molecule has 0 spiro atoms. The normalized spacial score (nSPS) is 26.3. The number of aryl methyl sites for hydroxylation is 1. The van der Waals surface area contributed by atoms with Crippen LogP contribution in [-0.2, 0) is 10.9 Å². The number of halogens is 3. The minimum absolute atomic E-state index is 0.104. The largest absolute Gasteiger partial charge is 0.416 e. The Hall–Kier alpha value is -1.33. The molecule has 5 heteroatoms. The molecule has 1 saturated heterocycles. The van der Waals surface area contributed by atoms with Crippen LogP contribution in [0.5, 0.6) is 0 Å². The van der Waals surface area contributed by atoms with Gasteiger partial charge in [0.2, 0.25) is 0 Å². The second-order valence-electron chi connectivity index (χ2n) is 5.49. The maximum Gasteiger partial charge on any atom is 0.416 e. The van der Waals surface area contributed by atoms with Gasteiger partial charge in [-0.25, -0.2) is 0 Å². The van der Waals surface area contributed by atoms with Gasteiger partial charge in [-0.3, -0.25) is 0 Å². The number of morpholine rings is 1. The zero-order valence-corrected chi connectivity index (χ0v) is 11.1. The Kier molecular flexibility index (Phi) is 3.34. The molecule has 2 unspecified atom stereocenters. The fraction of sp³-hybridized carbons (Fsp3) is 0.467. The summed E-state index contributed by atoms with van der Waals surface area (Å²) >= 11 is 0. The zero-order chi connectivity index (χ0) is 14.3. The molecule has 2 nitrogen and oxygen atoms in total. The van der Waals surface area contributed by atoms with E-state index < -0.39 is 11.7 Å². The van der Waals surface area contributed by atoms with Crippen LogP contribution in [0.2, 0.25) is 0 Å². The summed E-state index contributed by atoms with van der Waals surface area (Å²) in [6.45, 7) is 2.90. The lowest BCUT2D eigenvalue weighted by atomic mass is 9.90. The highest BCUT2D eigenvalue weighted by Crippen LogP contribution is 2.34. The van der Waals surface area contributed by atoms with E-state index in [-0.39, 0.29) is 12.1 Å². The molecular formula is C15H16F3NO. The lowest BCUT2D eigenvalue weighted by Crippen LogP contribution is -2.50. The third-order valence-electron chi connectivity index (χ3n) is 3.71. The maximum atomic E-state index is 12.9. The summed E-state index contributed by atoms with van der Waals surface area (Å²) in [6, 6.07) is 4.56. The standard InChI is InChI=1S/C15H16F3NO/c1-9-2-10(4-12(3-9)15(16,17)18)11-5-13-7-20-8-14(6-11)19-13/h2-5,13-14,19H,6-8H2,1H3. The molecular weight excluding hydrogens is 267 g/mol. The molecule has 2 atom stereocenters. The van der Waals surface area contributed by atoms with Crippen molar-refractivity contribution in [3.8, 4) is 0 Å². The quantitative estimate of drug-likeness (QED) is 0.855. The number of ether oxygens (including phenoxy) is 1. The van der Waals surface area contributed by atoms with Crippen molar-refractivity contribution in [1.29, 1.82) is 0 Å². The summed E-state index contributed by atoms with van der Waals surface area (Å²) < 4.78 is 44.1. The zero-order valence-electron chi connectivity index (χ0n) is 11.1. The number of benzene rings is 1. The monoisotopic (exact) mass is 283 g/mol. The highest BCUT2D eigenvalue weighted by molar-refractivity contribution is 5.69. The topological polar surface area (TPSA) is 21.3 Å². The van der Waals surface area contributed by atoms with Gasteiger partial charge < -0.3 is 10.1 Å². The highest BCUT2D eigenvalue weighted by Gasteiger charge is 2.32. The molecule has 2 heterocycles. The van der Waals surface area contributed by atoms with Crippen molar-refractivity contribution in [1.82, 2.24) is 5.32 Å². The van der Waals surface area contributed by atoms with Gasteiger partial charge in [-0.1, -0.05) is 12.1 Å². The molecule has 1 aromatic carbocycles. The smallest absolute Gasteiger partial charge is 0.378 e. The molecule has 0 aliphatic carbocycles. The molecule has 1 N–H and O–H groups in total. The van der Waals surface area contributed by atoms with Gasteiger partial charge in [0, 0.05) is 12.1 Å². The molecule has 3 rings (SSSR count). The number of rotatable bonds is 1. The Morgan fingerprint density at radius 2 is 2.00 bits per heavy atom. The van der Waals surface area contributed by atoms with Crippen LogP contribution >= 0.6 is 0 Å². The van der Waals surface area contributed by atoms with Crippen molar-refractivity contribution < 1.29 is 17.9 Å². The van der Waals surface area contributed by atoms with Gasteiger partial charge in [-0.05, 0) is 42.2 Å². The van der Waals surface area contributed by atoms with Gasteiger partial charge in [0.25, 0.3) is 0 Å². The van der Waals surface area contributed by atoms with E-state index in [1.165, 1.54) is 12.1 Å². The van der Waals surface area contributed by atoms with Crippen LogP contribution in [0.3, 0.4) is 0 Å². The third kappa shape index (κ3) is 2.74. The van der Waals surface area contributed by atoms with Crippen molar-refractivity contribution in [2.24, 2.45) is 0 Å². The third-order valence-corrected chi connectivity index (χ3v) is 3.71. The number of fused-ring (bicyclic) bond motifs is 2. The lowest BCUT2D eigenvalue weighted by molar-refractivity contribution is -0.137. The summed E-state index contributed by atoms with van der Waals surface area (Å²) in [4.78, 5) is 0. The predicted molar refractivity (Wildman–Crippen MR) is 70.3 cm³/mol. The van der Waals surface area contributed by atoms with Crippen molar-refractivity contribution in [2.75, 3.05) is 13.2 Å².